The van der Waals surface area contributed by atoms with Gasteiger partial charge in [0.25, 0.3) is 0 Å². The van der Waals surface area contributed by atoms with Crippen molar-refractivity contribution in [1.82, 2.24) is 0 Å². The zero-order valence-electron chi connectivity index (χ0n) is 7.26. The standard InChI is InChI=1S/C9H11BrFNS/c1-13-9-3-2-6(4-7(9)10)8(11)5-12/h2-4,8H,5,12H2,1H3. The Morgan fingerprint density at radius 3 is 2.77 bits per heavy atom. The topological polar surface area (TPSA) is 26.0 Å². The molecule has 0 saturated heterocycles. The van der Waals surface area contributed by atoms with Gasteiger partial charge in [-0.3, -0.25) is 0 Å². The largest absolute Gasteiger partial charge is 0.327 e. The molecule has 0 aromatic heterocycles. The summed E-state index contributed by atoms with van der Waals surface area (Å²) in [6, 6.07) is 5.45. The van der Waals surface area contributed by atoms with Gasteiger partial charge in [-0.25, -0.2) is 4.39 Å². The molecule has 2 N–H and O–H groups in total. The van der Waals surface area contributed by atoms with Gasteiger partial charge in [0, 0.05) is 15.9 Å². The van der Waals surface area contributed by atoms with E-state index in [2.05, 4.69) is 15.9 Å². The van der Waals surface area contributed by atoms with Crippen LogP contribution in [0, 0.1) is 0 Å². The lowest BCUT2D eigenvalue weighted by atomic mass is 10.1. The molecule has 1 rings (SSSR count). The van der Waals surface area contributed by atoms with Gasteiger partial charge >= 0.3 is 0 Å². The van der Waals surface area contributed by atoms with Gasteiger partial charge in [0.15, 0.2) is 0 Å². The van der Waals surface area contributed by atoms with Gasteiger partial charge in [-0.05, 0) is 39.9 Å². The fourth-order valence-corrected chi connectivity index (χ4v) is 2.35. The van der Waals surface area contributed by atoms with E-state index >= 15 is 0 Å². The first-order valence-corrected chi connectivity index (χ1v) is 5.88. The molecular formula is C9H11BrFNS. The molecule has 1 aromatic carbocycles. The highest BCUT2D eigenvalue weighted by molar-refractivity contribution is 9.10. The Balaban J connectivity index is 2.95. The molecule has 4 heteroatoms. The predicted octanol–water partition coefficient (Wildman–Crippen LogP) is 3.14. The van der Waals surface area contributed by atoms with Crippen LogP contribution in [0.4, 0.5) is 4.39 Å². The summed E-state index contributed by atoms with van der Waals surface area (Å²) in [5.74, 6) is 0. The van der Waals surface area contributed by atoms with Crippen molar-refractivity contribution in [2.24, 2.45) is 5.73 Å². The van der Waals surface area contributed by atoms with Crippen molar-refractivity contribution >= 4 is 27.7 Å². The average molecular weight is 264 g/mol. The van der Waals surface area contributed by atoms with E-state index in [1.807, 2.05) is 12.3 Å². The van der Waals surface area contributed by atoms with E-state index in [1.165, 1.54) is 0 Å². The summed E-state index contributed by atoms with van der Waals surface area (Å²) in [4.78, 5) is 1.10. The van der Waals surface area contributed by atoms with Gasteiger partial charge in [-0.15, -0.1) is 11.8 Å². The molecule has 0 aliphatic rings. The molecule has 0 saturated carbocycles. The number of alkyl halides is 1. The summed E-state index contributed by atoms with van der Waals surface area (Å²) >= 11 is 5.00. The van der Waals surface area contributed by atoms with Gasteiger partial charge in [0.1, 0.15) is 6.17 Å². The van der Waals surface area contributed by atoms with Crippen molar-refractivity contribution < 1.29 is 4.39 Å². The van der Waals surface area contributed by atoms with Crippen LogP contribution in [0.25, 0.3) is 0 Å². The van der Waals surface area contributed by atoms with E-state index in [0.717, 1.165) is 9.37 Å². The highest BCUT2D eigenvalue weighted by Crippen LogP contribution is 2.29. The van der Waals surface area contributed by atoms with Crippen molar-refractivity contribution in [3.8, 4) is 0 Å². The molecule has 0 radical (unpaired) electrons. The maximum Gasteiger partial charge on any atom is 0.137 e. The van der Waals surface area contributed by atoms with E-state index < -0.39 is 6.17 Å². The molecule has 0 spiro atoms. The van der Waals surface area contributed by atoms with Crippen molar-refractivity contribution in [1.29, 1.82) is 0 Å². The van der Waals surface area contributed by atoms with Crippen LogP contribution in [0.3, 0.4) is 0 Å². The first kappa shape index (κ1) is 11.0. The fourth-order valence-electron chi connectivity index (χ4n) is 1.01. The van der Waals surface area contributed by atoms with Crippen LogP contribution >= 0.6 is 27.7 Å². The van der Waals surface area contributed by atoms with Crippen molar-refractivity contribution in [2.75, 3.05) is 12.8 Å². The molecule has 0 bridgehead atoms. The highest BCUT2D eigenvalue weighted by Gasteiger charge is 2.08. The Morgan fingerprint density at radius 2 is 2.31 bits per heavy atom. The van der Waals surface area contributed by atoms with Gasteiger partial charge in [0.05, 0.1) is 0 Å². The monoisotopic (exact) mass is 263 g/mol. The Morgan fingerprint density at radius 1 is 1.62 bits per heavy atom. The van der Waals surface area contributed by atoms with E-state index in [1.54, 1.807) is 23.9 Å². The number of hydrogen-bond acceptors (Lipinski definition) is 2. The lowest BCUT2D eigenvalue weighted by Crippen LogP contribution is -2.07. The quantitative estimate of drug-likeness (QED) is 0.849. The predicted molar refractivity (Wildman–Crippen MR) is 58.8 cm³/mol. The van der Waals surface area contributed by atoms with Crippen molar-refractivity contribution in [2.45, 2.75) is 11.1 Å². The molecule has 0 aliphatic heterocycles. The number of halogens is 2. The molecule has 0 fully saturated rings. The average Bonchev–Trinajstić information content (AvgIpc) is 2.16. The zero-order chi connectivity index (χ0) is 9.84. The normalized spacial score (nSPS) is 12.9. The van der Waals surface area contributed by atoms with Crippen LogP contribution in [0.1, 0.15) is 11.7 Å². The third kappa shape index (κ3) is 2.69. The Bertz CT molecular complexity index is 293. The summed E-state index contributed by atoms with van der Waals surface area (Å²) in [6.45, 7) is 0.0328. The molecule has 72 valence electrons. The fraction of sp³-hybridized carbons (Fsp3) is 0.333. The van der Waals surface area contributed by atoms with E-state index in [-0.39, 0.29) is 6.54 Å². The van der Waals surface area contributed by atoms with Crippen molar-refractivity contribution in [3.05, 3.63) is 28.2 Å². The van der Waals surface area contributed by atoms with Gasteiger partial charge in [0.2, 0.25) is 0 Å². The van der Waals surface area contributed by atoms with E-state index in [4.69, 9.17) is 5.73 Å². The number of nitrogens with two attached hydrogens (primary N) is 1. The minimum Gasteiger partial charge on any atom is -0.327 e. The first-order valence-electron chi connectivity index (χ1n) is 3.86. The molecule has 1 aromatic rings. The Hall–Kier alpha value is -0.0600. The number of rotatable bonds is 3. The van der Waals surface area contributed by atoms with Crippen LogP contribution in [0.2, 0.25) is 0 Å². The van der Waals surface area contributed by atoms with Crippen LogP contribution in [0.5, 0.6) is 0 Å². The molecular weight excluding hydrogens is 253 g/mol. The lowest BCUT2D eigenvalue weighted by molar-refractivity contribution is 0.352. The minimum atomic E-state index is -1.06. The second-order valence-corrected chi connectivity index (χ2v) is 4.30. The van der Waals surface area contributed by atoms with Crippen LogP contribution in [-0.2, 0) is 0 Å². The third-order valence-electron chi connectivity index (χ3n) is 1.74. The Labute approximate surface area is 90.0 Å². The van der Waals surface area contributed by atoms with Gasteiger partial charge in [-0.2, -0.15) is 0 Å². The van der Waals surface area contributed by atoms with Gasteiger partial charge < -0.3 is 5.73 Å². The number of benzene rings is 1. The van der Waals surface area contributed by atoms with E-state index in [0.29, 0.717) is 5.56 Å². The molecule has 1 unspecified atom stereocenters. The molecule has 1 atom stereocenters. The number of hydrogen-bond donors (Lipinski definition) is 1. The van der Waals surface area contributed by atoms with Crippen LogP contribution in [0.15, 0.2) is 27.6 Å². The number of thioether (sulfide) groups is 1. The summed E-state index contributed by atoms with van der Waals surface area (Å²) in [7, 11) is 0. The molecule has 0 amide bonds. The molecule has 13 heavy (non-hydrogen) atoms. The summed E-state index contributed by atoms with van der Waals surface area (Å²) < 4.78 is 14.1. The summed E-state index contributed by atoms with van der Waals surface area (Å²) in [5, 5.41) is 0. The van der Waals surface area contributed by atoms with E-state index in [9.17, 15) is 4.39 Å². The summed E-state index contributed by atoms with van der Waals surface area (Å²) in [5.41, 5.74) is 5.86. The minimum absolute atomic E-state index is 0.0328. The SMILES string of the molecule is CSc1ccc(C(F)CN)cc1Br. The van der Waals surface area contributed by atoms with Crippen LogP contribution in [-0.4, -0.2) is 12.8 Å². The third-order valence-corrected chi connectivity index (χ3v) is 3.46. The second-order valence-electron chi connectivity index (χ2n) is 2.60. The second kappa shape index (κ2) is 4.98. The Kier molecular flexibility index (Phi) is 4.22. The highest BCUT2D eigenvalue weighted by atomic mass is 79.9. The molecule has 0 aliphatic carbocycles. The zero-order valence-corrected chi connectivity index (χ0v) is 9.66. The maximum absolute atomic E-state index is 13.1. The first-order chi connectivity index (χ1) is 6.19. The lowest BCUT2D eigenvalue weighted by Gasteiger charge is -2.07. The van der Waals surface area contributed by atoms with Gasteiger partial charge in [-0.1, -0.05) is 6.07 Å². The van der Waals surface area contributed by atoms with Crippen LogP contribution < -0.4 is 5.73 Å². The smallest absolute Gasteiger partial charge is 0.137 e. The maximum atomic E-state index is 13.1. The summed E-state index contributed by atoms with van der Waals surface area (Å²) in [6.07, 6.45) is 0.919. The molecule has 0 heterocycles. The molecule has 1 nitrogen and oxygen atoms in total. The van der Waals surface area contributed by atoms with Crippen molar-refractivity contribution in [3.63, 3.8) is 0 Å².